The van der Waals surface area contributed by atoms with Crippen molar-refractivity contribution in [1.29, 1.82) is 0 Å². The number of nitrogens with one attached hydrogen (secondary N) is 1. The van der Waals surface area contributed by atoms with E-state index < -0.39 is 52.8 Å². The number of piperidine rings is 1. The Kier molecular flexibility index (Phi) is 6.99. The van der Waals surface area contributed by atoms with Gasteiger partial charge in [0.15, 0.2) is 19.7 Å². The standard InChI is InChI=1S/C18H26N2O8S3/c1-2-28-18(21)20-9-6-14(7-10-20)19-31(26,27)16-5-3-4-15(12-16)30(24,25)17-8-11-29(22,23)13-17/h3-5,12,14,17,19H,2,6-11,13H2,1H3. The van der Waals surface area contributed by atoms with Gasteiger partial charge in [-0.05, 0) is 44.4 Å². The average molecular weight is 495 g/mol. The quantitative estimate of drug-likeness (QED) is 0.604. The first-order chi connectivity index (χ1) is 14.4. The van der Waals surface area contributed by atoms with Crippen molar-refractivity contribution < 1.29 is 34.8 Å². The van der Waals surface area contributed by atoms with Gasteiger partial charge in [-0.2, -0.15) is 0 Å². The number of sulfonamides is 1. The van der Waals surface area contributed by atoms with Gasteiger partial charge in [0.25, 0.3) is 0 Å². The molecule has 3 rings (SSSR count). The third-order valence-corrected chi connectivity index (χ3v) is 11.1. The van der Waals surface area contributed by atoms with Crippen LogP contribution in [-0.2, 0) is 34.4 Å². The van der Waals surface area contributed by atoms with Crippen LogP contribution in [0.3, 0.4) is 0 Å². The maximum absolute atomic E-state index is 12.8. The Bertz CT molecular complexity index is 1140. The van der Waals surface area contributed by atoms with E-state index in [2.05, 4.69) is 4.72 Å². The van der Waals surface area contributed by atoms with Crippen LogP contribution in [0, 0.1) is 0 Å². The maximum atomic E-state index is 12.8. The monoisotopic (exact) mass is 494 g/mol. The SMILES string of the molecule is CCOC(=O)N1CCC(NS(=O)(=O)c2cccc(S(=O)(=O)C3CCS(=O)(=O)C3)c2)CC1. The number of carbonyl (C=O) groups excluding carboxylic acids is 1. The molecule has 31 heavy (non-hydrogen) atoms. The van der Waals surface area contributed by atoms with Crippen molar-refractivity contribution in [2.45, 2.75) is 47.3 Å². The van der Waals surface area contributed by atoms with E-state index in [0.717, 1.165) is 6.07 Å². The van der Waals surface area contributed by atoms with Crippen LogP contribution in [0.2, 0.25) is 0 Å². The third-order valence-electron chi connectivity index (χ3n) is 5.42. The maximum Gasteiger partial charge on any atom is 0.409 e. The van der Waals surface area contributed by atoms with Crippen molar-refractivity contribution in [3.8, 4) is 0 Å². The summed E-state index contributed by atoms with van der Waals surface area (Å²) in [5, 5.41) is -1.07. The molecule has 0 spiro atoms. The second-order valence-corrected chi connectivity index (χ2v) is 13.8. The lowest BCUT2D eigenvalue weighted by molar-refractivity contribution is 0.0966. The summed E-state index contributed by atoms with van der Waals surface area (Å²) < 4.78 is 82.1. The van der Waals surface area contributed by atoms with Gasteiger partial charge in [0.1, 0.15) is 0 Å². The van der Waals surface area contributed by atoms with Crippen LogP contribution in [0.15, 0.2) is 34.1 Å². The summed E-state index contributed by atoms with van der Waals surface area (Å²) in [6, 6.07) is 4.55. The normalized spacial score (nSPS) is 22.4. The molecule has 0 radical (unpaired) electrons. The summed E-state index contributed by atoms with van der Waals surface area (Å²) in [6.07, 6.45) is 0.362. The number of hydrogen-bond acceptors (Lipinski definition) is 8. The Balaban J connectivity index is 1.71. The number of rotatable bonds is 6. The molecule has 1 atom stereocenters. The van der Waals surface area contributed by atoms with Crippen LogP contribution in [0.4, 0.5) is 4.79 Å². The topological polar surface area (TPSA) is 144 Å². The zero-order valence-electron chi connectivity index (χ0n) is 17.1. The zero-order chi connectivity index (χ0) is 22.9. The Morgan fingerprint density at radius 2 is 1.77 bits per heavy atom. The summed E-state index contributed by atoms with van der Waals surface area (Å²) in [6.45, 7) is 2.66. The van der Waals surface area contributed by atoms with Crippen LogP contribution in [0.25, 0.3) is 0 Å². The van der Waals surface area contributed by atoms with Crippen molar-refractivity contribution >= 4 is 35.8 Å². The average Bonchev–Trinajstić information content (AvgIpc) is 3.09. The molecule has 2 saturated heterocycles. The molecule has 2 aliphatic heterocycles. The van der Waals surface area contributed by atoms with Gasteiger partial charge in [0, 0.05) is 19.1 Å². The van der Waals surface area contributed by atoms with Crippen molar-refractivity contribution in [3.63, 3.8) is 0 Å². The van der Waals surface area contributed by atoms with Crippen LogP contribution in [0.1, 0.15) is 26.2 Å². The molecule has 2 fully saturated rings. The molecule has 1 amide bonds. The molecule has 0 bridgehead atoms. The molecule has 0 aromatic heterocycles. The lowest BCUT2D eigenvalue weighted by atomic mass is 10.1. The Morgan fingerprint density at radius 3 is 2.35 bits per heavy atom. The lowest BCUT2D eigenvalue weighted by Crippen LogP contribution is -2.46. The van der Waals surface area contributed by atoms with Gasteiger partial charge < -0.3 is 9.64 Å². The zero-order valence-corrected chi connectivity index (χ0v) is 19.5. The largest absolute Gasteiger partial charge is 0.450 e. The van der Waals surface area contributed by atoms with E-state index in [9.17, 15) is 30.0 Å². The van der Waals surface area contributed by atoms with E-state index in [1.165, 1.54) is 23.1 Å². The first-order valence-corrected chi connectivity index (χ1v) is 14.8. The summed E-state index contributed by atoms with van der Waals surface area (Å²) in [5.74, 6) is -0.648. The number of carbonyl (C=O) groups is 1. The second kappa shape index (κ2) is 9.04. The predicted octanol–water partition coefficient (Wildman–Crippen LogP) is 0.547. The Hall–Kier alpha value is -1.70. The Morgan fingerprint density at radius 1 is 1.13 bits per heavy atom. The highest BCUT2D eigenvalue weighted by atomic mass is 32.2. The van der Waals surface area contributed by atoms with Crippen LogP contribution in [0.5, 0.6) is 0 Å². The number of sulfone groups is 2. The fraction of sp³-hybridized carbons (Fsp3) is 0.611. The van der Waals surface area contributed by atoms with Crippen LogP contribution < -0.4 is 4.72 Å². The van der Waals surface area contributed by atoms with Gasteiger partial charge in [0.2, 0.25) is 10.0 Å². The highest BCUT2D eigenvalue weighted by Crippen LogP contribution is 2.27. The minimum atomic E-state index is -4.00. The van der Waals surface area contributed by atoms with Gasteiger partial charge in [-0.1, -0.05) is 6.07 Å². The number of ether oxygens (including phenoxy) is 1. The first-order valence-electron chi connectivity index (χ1n) is 9.93. The minimum Gasteiger partial charge on any atom is -0.450 e. The molecular formula is C18H26N2O8S3. The molecule has 1 unspecified atom stereocenters. The molecular weight excluding hydrogens is 468 g/mol. The van der Waals surface area contributed by atoms with Crippen molar-refractivity contribution in [3.05, 3.63) is 24.3 Å². The molecule has 2 aliphatic rings. The summed E-state index contributed by atoms with van der Waals surface area (Å²) in [5.41, 5.74) is 0. The fourth-order valence-corrected chi connectivity index (χ4v) is 9.53. The summed E-state index contributed by atoms with van der Waals surface area (Å²) in [4.78, 5) is 12.9. The number of benzene rings is 1. The number of nitrogens with zero attached hydrogens (tertiary/aromatic N) is 1. The third kappa shape index (κ3) is 5.57. The number of likely N-dealkylation sites (tertiary alicyclic amines) is 1. The molecule has 10 nitrogen and oxygen atoms in total. The Labute approximate surface area is 182 Å². The molecule has 1 aromatic rings. The van der Waals surface area contributed by atoms with Crippen molar-refractivity contribution in [1.82, 2.24) is 9.62 Å². The van der Waals surface area contributed by atoms with Gasteiger partial charge in [-0.3, -0.25) is 0 Å². The highest BCUT2D eigenvalue weighted by molar-refractivity contribution is 7.96. The molecule has 0 saturated carbocycles. The fourth-order valence-electron chi connectivity index (χ4n) is 3.70. The van der Waals surface area contributed by atoms with Crippen molar-refractivity contribution in [2.75, 3.05) is 31.2 Å². The minimum absolute atomic E-state index is 0.00106. The first kappa shape index (κ1) is 24.0. The highest BCUT2D eigenvalue weighted by Gasteiger charge is 2.38. The van der Waals surface area contributed by atoms with E-state index >= 15 is 0 Å². The molecule has 1 aromatic carbocycles. The van der Waals surface area contributed by atoms with Crippen LogP contribution in [-0.4, -0.2) is 78.7 Å². The smallest absolute Gasteiger partial charge is 0.409 e. The van der Waals surface area contributed by atoms with Gasteiger partial charge in [0.05, 0.1) is 33.2 Å². The van der Waals surface area contributed by atoms with E-state index in [0.29, 0.717) is 25.9 Å². The second-order valence-electron chi connectivity index (χ2n) is 7.63. The molecule has 13 heteroatoms. The number of hydrogen-bond donors (Lipinski definition) is 1. The van der Waals surface area contributed by atoms with Gasteiger partial charge in [-0.25, -0.2) is 34.8 Å². The number of amides is 1. The van der Waals surface area contributed by atoms with E-state index in [1.54, 1.807) is 6.92 Å². The van der Waals surface area contributed by atoms with Gasteiger partial charge in [-0.15, -0.1) is 0 Å². The lowest BCUT2D eigenvalue weighted by Gasteiger charge is -2.31. The van der Waals surface area contributed by atoms with Gasteiger partial charge >= 0.3 is 6.09 Å². The van der Waals surface area contributed by atoms with E-state index in [4.69, 9.17) is 4.74 Å². The molecule has 174 valence electrons. The van der Waals surface area contributed by atoms with E-state index in [-0.39, 0.29) is 28.6 Å². The molecule has 2 heterocycles. The summed E-state index contributed by atoms with van der Waals surface area (Å²) in [7, 11) is -11.4. The van der Waals surface area contributed by atoms with Crippen LogP contribution >= 0.6 is 0 Å². The molecule has 0 aliphatic carbocycles. The molecule has 1 N–H and O–H groups in total. The summed E-state index contributed by atoms with van der Waals surface area (Å²) >= 11 is 0. The van der Waals surface area contributed by atoms with E-state index in [1.807, 2.05) is 0 Å². The predicted molar refractivity (Wildman–Crippen MR) is 113 cm³/mol. The van der Waals surface area contributed by atoms with Crippen molar-refractivity contribution in [2.24, 2.45) is 0 Å².